The van der Waals surface area contributed by atoms with Crippen LogP contribution >= 0.6 is 0 Å². The van der Waals surface area contributed by atoms with Crippen molar-refractivity contribution in [3.8, 4) is 0 Å². The molecule has 1 rings (SSSR count). The zero-order valence-electron chi connectivity index (χ0n) is 7.25. The minimum absolute atomic E-state index is 0.396. The molecule has 0 atom stereocenters. The summed E-state index contributed by atoms with van der Waals surface area (Å²) in [4.78, 5) is 25.4. The topological polar surface area (TPSA) is 40.6 Å². The van der Waals surface area contributed by atoms with Gasteiger partial charge in [-0.2, -0.15) is 0 Å². The molecule has 0 saturated carbocycles. The van der Waals surface area contributed by atoms with E-state index >= 15 is 0 Å². The molecule has 1 aliphatic heterocycles. The first-order valence-electron chi connectivity index (χ1n) is 4.00. The fraction of sp³-hybridized carbons (Fsp3) is 0.625. The van der Waals surface area contributed by atoms with Gasteiger partial charge < -0.3 is 9.80 Å². The van der Waals surface area contributed by atoms with Gasteiger partial charge in [0.05, 0.1) is 0 Å². The highest BCUT2D eigenvalue weighted by atomic mass is 16.2. The Morgan fingerprint density at radius 3 is 2.58 bits per heavy atom. The van der Waals surface area contributed by atoms with Gasteiger partial charge in [0.25, 0.3) is 0 Å². The molecule has 4 heteroatoms. The number of rotatable bonds is 2. The number of nitrogens with zero attached hydrogens (tertiary/aromatic N) is 2. The van der Waals surface area contributed by atoms with Gasteiger partial charge in [-0.25, -0.2) is 0 Å². The van der Waals surface area contributed by atoms with Crippen LogP contribution in [0.15, 0.2) is 0 Å². The fourth-order valence-electron chi connectivity index (χ4n) is 1.18. The predicted octanol–water partition coefficient (Wildman–Crippen LogP) is -0.489. The maximum Gasteiger partial charge on any atom is 0.312 e. The van der Waals surface area contributed by atoms with E-state index in [9.17, 15) is 9.59 Å². The van der Waals surface area contributed by atoms with E-state index in [1.54, 1.807) is 11.9 Å². The van der Waals surface area contributed by atoms with E-state index in [-0.39, 0.29) is 0 Å². The maximum atomic E-state index is 11.2. The van der Waals surface area contributed by atoms with Gasteiger partial charge in [0.2, 0.25) is 0 Å². The number of piperazine rings is 1. The molecule has 0 aliphatic carbocycles. The Morgan fingerprint density at radius 1 is 1.33 bits per heavy atom. The molecule has 0 aromatic heterocycles. The van der Waals surface area contributed by atoms with Crippen LogP contribution in [0.1, 0.15) is 6.42 Å². The minimum atomic E-state index is -0.408. The summed E-state index contributed by atoms with van der Waals surface area (Å²) in [6.07, 6.45) is 0.655. The summed E-state index contributed by atoms with van der Waals surface area (Å²) >= 11 is 0. The maximum absolute atomic E-state index is 11.2. The van der Waals surface area contributed by atoms with Gasteiger partial charge in [-0.05, 0) is 6.42 Å². The molecular weight excluding hydrogens is 156 g/mol. The molecule has 0 aromatic carbocycles. The standard InChI is InChI=1S/C8H13N2O2/c1-3-4-10-6-5-9(2)7(11)8(10)12/h1,3-6H2,2H3. The van der Waals surface area contributed by atoms with Crippen LogP contribution in [0.5, 0.6) is 0 Å². The van der Waals surface area contributed by atoms with Crippen molar-refractivity contribution in [2.75, 3.05) is 26.7 Å². The SMILES string of the molecule is [CH2]CCN1CCN(C)C(=O)C1=O. The molecule has 1 saturated heterocycles. The molecule has 2 amide bonds. The minimum Gasteiger partial charge on any atom is -0.336 e. The average molecular weight is 169 g/mol. The molecule has 1 aliphatic rings. The lowest BCUT2D eigenvalue weighted by Gasteiger charge is -2.31. The second-order valence-corrected chi connectivity index (χ2v) is 2.87. The summed E-state index contributed by atoms with van der Waals surface area (Å²) < 4.78 is 0. The second-order valence-electron chi connectivity index (χ2n) is 2.87. The Hall–Kier alpha value is -1.06. The molecule has 12 heavy (non-hydrogen) atoms. The van der Waals surface area contributed by atoms with E-state index in [0.29, 0.717) is 26.1 Å². The molecule has 0 unspecified atom stereocenters. The largest absolute Gasteiger partial charge is 0.336 e. The van der Waals surface area contributed by atoms with E-state index in [2.05, 4.69) is 6.92 Å². The van der Waals surface area contributed by atoms with Crippen LogP contribution in [0.2, 0.25) is 0 Å². The van der Waals surface area contributed by atoms with Gasteiger partial charge in [-0.3, -0.25) is 9.59 Å². The van der Waals surface area contributed by atoms with E-state index in [1.807, 2.05) is 0 Å². The van der Waals surface area contributed by atoms with Gasteiger partial charge in [-0.1, -0.05) is 6.92 Å². The van der Waals surface area contributed by atoms with Gasteiger partial charge in [-0.15, -0.1) is 0 Å². The summed E-state index contributed by atoms with van der Waals surface area (Å²) in [5.41, 5.74) is 0. The molecule has 1 heterocycles. The highest BCUT2D eigenvalue weighted by Gasteiger charge is 2.29. The van der Waals surface area contributed by atoms with Crippen LogP contribution in [0.25, 0.3) is 0 Å². The zero-order chi connectivity index (χ0) is 9.14. The first-order chi connectivity index (χ1) is 5.66. The van der Waals surface area contributed by atoms with E-state index in [4.69, 9.17) is 0 Å². The van der Waals surface area contributed by atoms with Crippen LogP contribution in [0, 0.1) is 6.92 Å². The van der Waals surface area contributed by atoms with Crippen molar-refractivity contribution >= 4 is 11.8 Å². The highest BCUT2D eigenvalue weighted by molar-refractivity contribution is 6.35. The van der Waals surface area contributed by atoms with Crippen LogP contribution in [-0.4, -0.2) is 48.3 Å². The lowest BCUT2D eigenvalue weighted by atomic mass is 10.3. The molecule has 0 N–H and O–H groups in total. The number of hydrogen-bond acceptors (Lipinski definition) is 2. The van der Waals surface area contributed by atoms with Crippen molar-refractivity contribution in [3.63, 3.8) is 0 Å². The number of amides is 2. The number of carbonyl (C=O) groups excluding carboxylic acids is 2. The van der Waals surface area contributed by atoms with Crippen molar-refractivity contribution in [2.24, 2.45) is 0 Å². The smallest absolute Gasteiger partial charge is 0.312 e. The molecular formula is C8H13N2O2. The molecule has 4 nitrogen and oxygen atoms in total. The van der Waals surface area contributed by atoms with Crippen LogP contribution in [0.3, 0.4) is 0 Å². The summed E-state index contributed by atoms with van der Waals surface area (Å²) in [6, 6.07) is 0. The first kappa shape index (κ1) is 9.03. The summed E-state index contributed by atoms with van der Waals surface area (Å²) in [5, 5.41) is 0. The zero-order valence-corrected chi connectivity index (χ0v) is 7.25. The second kappa shape index (κ2) is 3.56. The third-order valence-electron chi connectivity index (χ3n) is 1.95. The van der Waals surface area contributed by atoms with Gasteiger partial charge in [0.1, 0.15) is 0 Å². The Morgan fingerprint density at radius 2 is 2.00 bits per heavy atom. The molecule has 1 radical (unpaired) electrons. The molecule has 0 aromatic rings. The first-order valence-corrected chi connectivity index (χ1v) is 4.00. The Kier molecular flexibility index (Phi) is 2.68. The number of hydrogen-bond donors (Lipinski definition) is 0. The quantitative estimate of drug-likeness (QED) is 0.523. The summed E-state index contributed by atoms with van der Waals surface area (Å²) in [7, 11) is 1.64. The van der Waals surface area contributed by atoms with Crippen molar-refractivity contribution in [1.29, 1.82) is 0 Å². The summed E-state index contributed by atoms with van der Waals surface area (Å²) in [5.74, 6) is -0.804. The van der Waals surface area contributed by atoms with E-state index < -0.39 is 11.8 Å². The third-order valence-corrected chi connectivity index (χ3v) is 1.95. The monoisotopic (exact) mass is 169 g/mol. The van der Waals surface area contributed by atoms with E-state index in [1.165, 1.54) is 4.90 Å². The lowest BCUT2D eigenvalue weighted by Crippen LogP contribution is -2.52. The summed E-state index contributed by atoms with van der Waals surface area (Å²) in [6.45, 7) is 5.49. The van der Waals surface area contributed by atoms with Crippen LogP contribution in [-0.2, 0) is 9.59 Å². The molecule has 1 fully saturated rings. The molecule has 67 valence electrons. The lowest BCUT2D eigenvalue weighted by molar-refractivity contribution is -0.154. The Balaban J connectivity index is 2.59. The van der Waals surface area contributed by atoms with Gasteiger partial charge in [0, 0.05) is 26.7 Å². The van der Waals surface area contributed by atoms with Gasteiger partial charge >= 0.3 is 11.8 Å². The normalized spacial score (nSPS) is 18.8. The van der Waals surface area contributed by atoms with Crippen molar-refractivity contribution in [2.45, 2.75) is 6.42 Å². The average Bonchev–Trinajstić information content (AvgIpc) is 2.07. The Bertz CT molecular complexity index is 203. The fourth-order valence-corrected chi connectivity index (χ4v) is 1.18. The number of carbonyl (C=O) groups is 2. The predicted molar refractivity (Wildman–Crippen MR) is 44.2 cm³/mol. The van der Waals surface area contributed by atoms with Crippen LogP contribution in [0.4, 0.5) is 0 Å². The van der Waals surface area contributed by atoms with Crippen molar-refractivity contribution in [3.05, 3.63) is 6.92 Å². The molecule has 0 bridgehead atoms. The third kappa shape index (κ3) is 1.57. The van der Waals surface area contributed by atoms with Gasteiger partial charge in [0.15, 0.2) is 0 Å². The molecule has 0 spiro atoms. The van der Waals surface area contributed by atoms with E-state index in [0.717, 1.165) is 0 Å². The van der Waals surface area contributed by atoms with Crippen LogP contribution < -0.4 is 0 Å². The van der Waals surface area contributed by atoms with Crippen molar-refractivity contribution in [1.82, 2.24) is 9.80 Å². The highest BCUT2D eigenvalue weighted by Crippen LogP contribution is 2.02. The number of likely N-dealkylation sites (N-methyl/N-ethyl adjacent to an activating group) is 1. The Labute approximate surface area is 72.1 Å². The van der Waals surface area contributed by atoms with Crippen molar-refractivity contribution < 1.29 is 9.59 Å².